The molecule has 0 aromatic rings. The molecule has 0 saturated carbocycles. The Labute approximate surface area is 107 Å². The molecule has 0 aliphatic carbocycles. The first kappa shape index (κ1) is 15.4. The summed E-state index contributed by atoms with van der Waals surface area (Å²) in [4.78, 5) is 11.4. The van der Waals surface area contributed by atoms with E-state index in [9.17, 15) is 18.3 Å². The molecule has 0 aromatic heterocycles. The average molecular weight is 280 g/mol. The fourth-order valence-corrected chi connectivity index (χ4v) is 3.55. The van der Waals surface area contributed by atoms with Gasteiger partial charge in [-0.2, -0.15) is 17.4 Å². The number of nitrogens with zero attached hydrogens (tertiary/aromatic N) is 1. The molecule has 2 N–H and O–H groups in total. The summed E-state index contributed by atoms with van der Waals surface area (Å²) in [7, 11) is -3.78. The Bertz CT molecular complexity index is 385. The van der Waals surface area contributed by atoms with E-state index in [4.69, 9.17) is 4.74 Å². The van der Waals surface area contributed by atoms with E-state index in [1.54, 1.807) is 13.8 Å². The molecular formula is C10H20N2O5S. The van der Waals surface area contributed by atoms with Gasteiger partial charge in [0, 0.05) is 39.1 Å². The Balaban J connectivity index is 2.93. The van der Waals surface area contributed by atoms with Crippen LogP contribution in [0.4, 0.5) is 0 Å². The van der Waals surface area contributed by atoms with Gasteiger partial charge in [0.05, 0.1) is 0 Å². The maximum Gasteiger partial charge on any atom is 0.325 e. The molecule has 0 amide bonds. The van der Waals surface area contributed by atoms with Crippen LogP contribution in [0.5, 0.6) is 0 Å². The van der Waals surface area contributed by atoms with Crippen LogP contribution in [0.25, 0.3) is 0 Å². The van der Waals surface area contributed by atoms with Crippen molar-refractivity contribution in [1.82, 2.24) is 9.03 Å². The molecule has 1 aliphatic rings. The number of carboxylic acids is 1. The van der Waals surface area contributed by atoms with Crippen molar-refractivity contribution in [3.05, 3.63) is 0 Å². The Morgan fingerprint density at radius 1 is 1.33 bits per heavy atom. The van der Waals surface area contributed by atoms with Gasteiger partial charge in [0.1, 0.15) is 5.54 Å². The molecule has 1 heterocycles. The first-order chi connectivity index (χ1) is 8.38. The maximum absolute atomic E-state index is 12.1. The second-order valence-corrected chi connectivity index (χ2v) is 5.86. The van der Waals surface area contributed by atoms with Crippen molar-refractivity contribution < 1.29 is 23.1 Å². The number of hydrogen-bond acceptors (Lipinski definition) is 4. The van der Waals surface area contributed by atoms with Crippen LogP contribution in [0, 0.1) is 0 Å². The first-order valence-electron chi connectivity index (χ1n) is 5.98. The monoisotopic (exact) mass is 280 g/mol. The van der Waals surface area contributed by atoms with E-state index in [-0.39, 0.29) is 26.1 Å². The number of rotatable bonds is 6. The third-order valence-corrected chi connectivity index (χ3v) is 4.97. The molecule has 0 unspecified atom stereocenters. The number of aliphatic carboxylic acids is 1. The summed E-state index contributed by atoms with van der Waals surface area (Å²) in [5, 5.41) is 9.28. The van der Waals surface area contributed by atoms with Gasteiger partial charge in [0.2, 0.25) is 0 Å². The molecule has 0 aromatic carbocycles. The highest BCUT2D eigenvalue weighted by Gasteiger charge is 2.44. The SMILES string of the molecule is CCN(CC)S(=O)(=O)NC1(C(=O)O)CCOCC1. The third-order valence-electron chi connectivity index (χ3n) is 3.13. The summed E-state index contributed by atoms with van der Waals surface area (Å²) in [6.07, 6.45) is 0.283. The van der Waals surface area contributed by atoms with Crippen LogP contribution in [-0.4, -0.2) is 55.6 Å². The van der Waals surface area contributed by atoms with Crippen LogP contribution in [0.1, 0.15) is 26.7 Å². The van der Waals surface area contributed by atoms with Crippen molar-refractivity contribution in [1.29, 1.82) is 0 Å². The molecular weight excluding hydrogens is 260 g/mol. The second-order valence-electron chi connectivity index (χ2n) is 4.19. The molecule has 0 spiro atoms. The zero-order valence-corrected chi connectivity index (χ0v) is 11.5. The zero-order valence-electron chi connectivity index (χ0n) is 10.7. The van der Waals surface area contributed by atoms with Gasteiger partial charge in [-0.3, -0.25) is 4.79 Å². The third kappa shape index (κ3) is 3.19. The Kier molecular flexibility index (Phi) is 5.09. The largest absolute Gasteiger partial charge is 0.480 e. The van der Waals surface area contributed by atoms with Gasteiger partial charge in [-0.1, -0.05) is 13.8 Å². The maximum atomic E-state index is 12.1. The number of hydrogen-bond donors (Lipinski definition) is 2. The predicted molar refractivity (Wildman–Crippen MR) is 65.4 cm³/mol. The smallest absolute Gasteiger partial charge is 0.325 e. The minimum absolute atomic E-state index is 0.142. The van der Waals surface area contributed by atoms with Crippen molar-refractivity contribution in [3.63, 3.8) is 0 Å². The molecule has 0 radical (unpaired) electrons. The second kappa shape index (κ2) is 5.96. The number of carbonyl (C=O) groups is 1. The Morgan fingerprint density at radius 2 is 1.83 bits per heavy atom. The van der Waals surface area contributed by atoms with Gasteiger partial charge < -0.3 is 9.84 Å². The number of carboxylic acid groups (broad SMARTS) is 1. The van der Waals surface area contributed by atoms with Gasteiger partial charge >= 0.3 is 5.97 Å². The highest BCUT2D eigenvalue weighted by molar-refractivity contribution is 7.87. The lowest BCUT2D eigenvalue weighted by atomic mass is 9.92. The molecule has 1 saturated heterocycles. The van der Waals surface area contributed by atoms with E-state index in [1.165, 1.54) is 4.31 Å². The van der Waals surface area contributed by atoms with Crippen molar-refractivity contribution >= 4 is 16.2 Å². The summed E-state index contributed by atoms with van der Waals surface area (Å²) in [6, 6.07) is 0. The minimum Gasteiger partial charge on any atom is -0.480 e. The summed E-state index contributed by atoms with van der Waals surface area (Å²) >= 11 is 0. The standard InChI is InChI=1S/C10H20N2O5S/c1-3-12(4-2)18(15,16)11-10(9(13)14)5-7-17-8-6-10/h11H,3-8H2,1-2H3,(H,13,14). The van der Waals surface area contributed by atoms with Crippen LogP contribution < -0.4 is 4.72 Å². The molecule has 7 nitrogen and oxygen atoms in total. The van der Waals surface area contributed by atoms with Crippen molar-refractivity contribution in [2.45, 2.75) is 32.2 Å². The number of ether oxygens (including phenoxy) is 1. The summed E-state index contributed by atoms with van der Waals surface area (Å²) < 4.78 is 32.8. The zero-order chi connectivity index (χ0) is 13.8. The van der Waals surface area contributed by atoms with Gasteiger partial charge in [-0.15, -0.1) is 0 Å². The van der Waals surface area contributed by atoms with E-state index in [2.05, 4.69) is 4.72 Å². The lowest BCUT2D eigenvalue weighted by molar-refractivity contribution is -0.148. The fraction of sp³-hybridized carbons (Fsp3) is 0.900. The molecule has 1 aliphatic heterocycles. The highest BCUT2D eigenvalue weighted by Crippen LogP contribution is 2.22. The normalized spacial score (nSPS) is 19.9. The van der Waals surface area contributed by atoms with Gasteiger partial charge in [-0.05, 0) is 0 Å². The van der Waals surface area contributed by atoms with E-state index < -0.39 is 21.7 Å². The van der Waals surface area contributed by atoms with Gasteiger partial charge in [0.25, 0.3) is 10.2 Å². The Hall–Kier alpha value is -0.700. The minimum atomic E-state index is -3.78. The Morgan fingerprint density at radius 3 is 2.22 bits per heavy atom. The van der Waals surface area contributed by atoms with Gasteiger partial charge in [-0.25, -0.2) is 0 Å². The molecule has 1 fully saturated rings. The van der Waals surface area contributed by atoms with Crippen molar-refractivity contribution in [3.8, 4) is 0 Å². The molecule has 1 rings (SSSR count). The van der Waals surface area contributed by atoms with Crippen LogP contribution >= 0.6 is 0 Å². The lowest BCUT2D eigenvalue weighted by Gasteiger charge is -2.35. The average Bonchev–Trinajstić information content (AvgIpc) is 2.30. The van der Waals surface area contributed by atoms with E-state index in [1.807, 2.05) is 0 Å². The highest BCUT2D eigenvalue weighted by atomic mass is 32.2. The van der Waals surface area contributed by atoms with E-state index in [0.717, 1.165) is 0 Å². The van der Waals surface area contributed by atoms with Crippen LogP contribution in [0.15, 0.2) is 0 Å². The van der Waals surface area contributed by atoms with Gasteiger partial charge in [0.15, 0.2) is 0 Å². The molecule has 0 bridgehead atoms. The van der Waals surface area contributed by atoms with E-state index in [0.29, 0.717) is 13.1 Å². The predicted octanol–water partition coefficient (Wildman–Crippen LogP) is -0.204. The fourth-order valence-electron chi connectivity index (χ4n) is 1.95. The van der Waals surface area contributed by atoms with Crippen LogP contribution in [0.2, 0.25) is 0 Å². The van der Waals surface area contributed by atoms with Crippen molar-refractivity contribution in [2.75, 3.05) is 26.3 Å². The summed E-state index contributed by atoms with van der Waals surface area (Å²) in [5.74, 6) is -1.15. The van der Waals surface area contributed by atoms with E-state index >= 15 is 0 Å². The topological polar surface area (TPSA) is 95.9 Å². The van der Waals surface area contributed by atoms with Crippen molar-refractivity contribution in [2.24, 2.45) is 0 Å². The van der Waals surface area contributed by atoms with Crippen LogP contribution in [-0.2, 0) is 19.7 Å². The molecule has 106 valence electrons. The molecule has 0 atom stereocenters. The lowest BCUT2D eigenvalue weighted by Crippen LogP contribution is -2.60. The molecule has 8 heteroatoms. The quantitative estimate of drug-likeness (QED) is 0.702. The first-order valence-corrected chi connectivity index (χ1v) is 7.42. The summed E-state index contributed by atoms with van der Waals surface area (Å²) in [6.45, 7) is 4.51. The molecule has 18 heavy (non-hydrogen) atoms. The summed E-state index contributed by atoms with van der Waals surface area (Å²) in [5.41, 5.74) is -1.44. The van der Waals surface area contributed by atoms with Crippen LogP contribution in [0.3, 0.4) is 0 Å². The number of nitrogens with one attached hydrogen (secondary N) is 1.